The van der Waals surface area contributed by atoms with E-state index in [9.17, 15) is 0 Å². The molecule has 2 unspecified atom stereocenters. The van der Waals surface area contributed by atoms with Gasteiger partial charge in [-0.3, -0.25) is 0 Å². The second-order valence-corrected chi connectivity index (χ2v) is 30.8. The Hall–Kier alpha value is -11.3. The van der Waals surface area contributed by atoms with E-state index in [4.69, 9.17) is 0 Å². The fourth-order valence-electron chi connectivity index (χ4n) is 18.4. The van der Waals surface area contributed by atoms with Crippen molar-refractivity contribution in [2.75, 3.05) is 9.80 Å². The van der Waals surface area contributed by atoms with Gasteiger partial charge >= 0.3 is 0 Å². The van der Waals surface area contributed by atoms with Crippen molar-refractivity contribution in [3.63, 3.8) is 0 Å². The van der Waals surface area contributed by atoms with E-state index >= 15 is 0 Å². The van der Waals surface area contributed by atoms with Gasteiger partial charge in [-0.1, -0.05) is 329 Å². The lowest BCUT2D eigenvalue weighted by atomic mass is 9.64. The van der Waals surface area contributed by atoms with Crippen LogP contribution < -0.4 is 9.80 Å². The molecular formula is C100H84N2. The van der Waals surface area contributed by atoms with Crippen LogP contribution in [0.3, 0.4) is 0 Å². The van der Waals surface area contributed by atoms with Gasteiger partial charge in [0, 0.05) is 60.8 Å². The average molecular weight is 1310 g/mol. The SMILES string of the molecule is C=Cc1c(/C=C\CC)cc(N(c2ccc3c(c2)C(C)(C)c2cc(/C=C/c4ccc5c(c4)C(C)(C)C4=CC(/C=C/c6ccc7c(c6)C(C)(C)c6cc(N(C8=Cc9ccccc9[C@@]9(C)C=CC=CC89)c8cccc9ccccc89)ccc6-7)CC=C45)ccc2-3)c2cccc3ccccc23)c2ccccc12. The second-order valence-electron chi connectivity index (χ2n) is 30.8. The molecule has 6 aliphatic carbocycles. The van der Waals surface area contributed by atoms with E-state index in [1.807, 2.05) is 6.08 Å². The van der Waals surface area contributed by atoms with Gasteiger partial charge in [-0.2, -0.15) is 0 Å². The van der Waals surface area contributed by atoms with Crippen LogP contribution in [0.1, 0.15) is 141 Å². The summed E-state index contributed by atoms with van der Waals surface area (Å²) in [5.41, 5.74) is 31.2. The van der Waals surface area contributed by atoms with E-state index in [2.05, 4.69) is 381 Å². The van der Waals surface area contributed by atoms with Crippen LogP contribution in [-0.2, 0) is 21.7 Å². The molecule has 0 aliphatic heterocycles. The molecule has 494 valence electrons. The number of hydrogen-bond acceptors (Lipinski definition) is 2. The minimum atomic E-state index is -0.253. The Labute approximate surface area is 602 Å². The third-order valence-corrected chi connectivity index (χ3v) is 23.8. The molecule has 0 N–H and O–H groups in total. The largest absolute Gasteiger partial charge is 0.313 e. The third-order valence-electron chi connectivity index (χ3n) is 23.8. The van der Waals surface area contributed by atoms with E-state index < -0.39 is 0 Å². The summed E-state index contributed by atoms with van der Waals surface area (Å²) in [7, 11) is 0. The van der Waals surface area contributed by atoms with E-state index in [-0.39, 0.29) is 33.5 Å². The van der Waals surface area contributed by atoms with Crippen molar-refractivity contribution in [1.82, 2.24) is 0 Å². The molecule has 0 spiro atoms. The highest BCUT2D eigenvalue weighted by Crippen LogP contribution is 2.58. The number of allylic oxidation sites excluding steroid dienone is 10. The van der Waals surface area contributed by atoms with Gasteiger partial charge in [0.2, 0.25) is 0 Å². The normalized spacial score (nSPS) is 18.9. The van der Waals surface area contributed by atoms with Gasteiger partial charge in [0.15, 0.2) is 0 Å². The van der Waals surface area contributed by atoms with Gasteiger partial charge in [-0.15, -0.1) is 0 Å². The lowest BCUT2D eigenvalue weighted by Gasteiger charge is -2.45. The van der Waals surface area contributed by atoms with Crippen LogP contribution in [0.15, 0.2) is 297 Å². The van der Waals surface area contributed by atoms with Crippen LogP contribution >= 0.6 is 0 Å². The van der Waals surface area contributed by atoms with Crippen molar-refractivity contribution in [3.05, 3.63) is 369 Å². The maximum atomic E-state index is 4.31. The minimum absolute atomic E-state index is 0.135. The lowest BCUT2D eigenvalue weighted by molar-refractivity contribution is 0.467. The Morgan fingerprint density at radius 2 is 0.971 bits per heavy atom. The fraction of sp³-hybridized carbons (Fsp3) is 0.160. The third kappa shape index (κ3) is 9.88. The Balaban J connectivity index is 0.607. The van der Waals surface area contributed by atoms with E-state index in [0.717, 1.165) is 41.0 Å². The number of nitrogens with zero attached hydrogens (tertiary/aromatic N) is 2. The summed E-state index contributed by atoms with van der Waals surface area (Å²) in [4.78, 5) is 5.08. The average Bonchev–Trinajstić information content (AvgIpc) is 1.26. The van der Waals surface area contributed by atoms with Crippen molar-refractivity contribution in [3.8, 4) is 22.3 Å². The van der Waals surface area contributed by atoms with Crippen LogP contribution in [0.4, 0.5) is 28.4 Å². The van der Waals surface area contributed by atoms with Crippen LogP contribution in [0.25, 0.3) is 96.6 Å². The Morgan fingerprint density at radius 3 is 1.60 bits per heavy atom. The maximum absolute atomic E-state index is 4.31. The van der Waals surface area contributed by atoms with Crippen LogP contribution in [-0.4, -0.2) is 0 Å². The molecular weight excluding hydrogens is 1230 g/mol. The van der Waals surface area contributed by atoms with Crippen molar-refractivity contribution >= 4 is 103 Å². The monoisotopic (exact) mass is 1310 g/mol. The zero-order valence-corrected chi connectivity index (χ0v) is 59.7. The second kappa shape index (κ2) is 23.9. The fourth-order valence-corrected chi connectivity index (χ4v) is 18.4. The van der Waals surface area contributed by atoms with Crippen LogP contribution in [0.2, 0.25) is 0 Å². The van der Waals surface area contributed by atoms with Gasteiger partial charge < -0.3 is 9.80 Å². The molecule has 0 saturated carbocycles. The van der Waals surface area contributed by atoms with Gasteiger partial charge in [0.1, 0.15) is 0 Å². The number of benzene rings is 12. The van der Waals surface area contributed by atoms with Crippen LogP contribution in [0.5, 0.6) is 0 Å². The lowest BCUT2D eigenvalue weighted by Crippen LogP contribution is -2.39. The van der Waals surface area contributed by atoms with Gasteiger partial charge in [-0.25, -0.2) is 0 Å². The van der Waals surface area contributed by atoms with Crippen molar-refractivity contribution in [1.29, 1.82) is 0 Å². The molecule has 2 nitrogen and oxygen atoms in total. The highest BCUT2D eigenvalue weighted by atomic mass is 15.2. The summed E-state index contributed by atoms with van der Waals surface area (Å²) in [5, 5.41) is 7.28. The first kappa shape index (κ1) is 62.9. The van der Waals surface area contributed by atoms with Crippen molar-refractivity contribution < 1.29 is 0 Å². The summed E-state index contributed by atoms with van der Waals surface area (Å²) < 4.78 is 0. The molecule has 2 heteroatoms. The zero-order valence-electron chi connectivity index (χ0n) is 59.7. The predicted octanol–water partition coefficient (Wildman–Crippen LogP) is 27.0. The Bertz CT molecular complexity index is 5810. The number of anilines is 5. The first-order valence-electron chi connectivity index (χ1n) is 36.7. The summed E-state index contributed by atoms with van der Waals surface area (Å²) >= 11 is 0. The first-order valence-corrected chi connectivity index (χ1v) is 36.7. The Morgan fingerprint density at radius 1 is 0.451 bits per heavy atom. The summed E-state index contributed by atoms with van der Waals surface area (Å²) in [6.07, 6.45) is 34.8. The molecule has 12 aromatic carbocycles. The molecule has 12 aromatic rings. The number of hydrogen-bond donors (Lipinski definition) is 0. The molecule has 0 radical (unpaired) electrons. The van der Waals surface area contributed by atoms with Gasteiger partial charge in [0.25, 0.3) is 0 Å². The molecule has 102 heavy (non-hydrogen) atoms. The molecule has 3 atom stereocenters. The Kier molecular flexibility index (Phi) is 14.8. The summed E-state index contributed by atoms with van der Waals surface area (Å²) in [6, 6.07) is 87.2. The number of rotatable bonds is 13. The quantitative estimate of drug-likeness (QED) is 0.106. The smallest absolute Gasteiger partial charge is 0.0546 e. The van der Waals surface area contributed by atoms with E-state index in [0.29, 0.717) is 0 Å². The maximum Gasteiger partial charge on any atom is 0.0546 e. The summed E-state index contributed by atoms with van der Waals surface area (Å²) in [6.45, 7) is 23.4. The van der Waals surface area contributed by atoms with Crippen LogP contribution in [0, 0.1) is 11.8 Å². The predicted molar refractivity (Wildman–Crippen MR) is 438 cm³/mol. The van der Waals surface area contributed by atoms with E-state index in [1.54, 1.807) is 0 Å². The molecule has 0 saturated heterocycles. The van der Waals surface area contributed by atoms with Crippen molar-refractivity contribution in [2.24, 2.45) is 11.8 Å². The highest BCUT2D eigenvalue weighted by molar-refractivity contribution is 6.09. The summed E-state index contributed by atoms with van der Waals surface area (Å²) in [5.74, 6) is 0.423. The zero-order chi connectivity index (χ0) is 69.4. The molecule has 0 amide bonds. The topological polar surface area (TPSA) is 6.48 Å². The molecule has 0 heterocycles. The molecule has 6 aliphatic rings. The van der Waals surface area contributed by atoms with E-state index in [1.165, 1.54) is 144 Å². The minimum Gasteiger partial charge on any atom is -0.313 e. The molecule has 0 fully saturated rings. The molecule has 0 aromatic heterocycles. The highest BCUT2D eigenvalue weighted by Gasteiger charge is 2.45. The first-order chi connectivity index (χ1) is 49.6. The van der Waals surface area contributed by atoms with Gasteiger partial charge in [0.05, 0.1) is 17.1 Å². The van der Waals surface area contributed by atoms with Gasteiger partial charge in [-0.05, 0) is 189 Å². The molecule has 0 bridgehead atoms. The van der Waals surface area contributed by atoms with Crippen molar-refractivity contribution in [2.45, 2.75) is 89.9 Å². The molecule has 18 rings (SSSR count). The number of fused-ring (bicyclic) bond motifs is 15. The standard InChI is InChI=1S/C100H84N2/c1-10-12-25-70-60-95(84-34-19-18-33-77(84)74(70)11-2)101(93-37-23-29-68-26-13-16-31-75(68)93)72-47-53-82-80-51-45-66(58-89(80)98(5,6)91(82)62-72)41-39-64-43-49-78-79-50-44-65(57-88(79)97(3,4)87(78)56-64)40-42-67-46-52-81-83-54-48-73(63-92(83)99(7,8)90(81)59-67)102(94-38-24-30-69-27-14-17-32-76(69)94)96-61-71-28-15-20-35-85(71)100(9)55-22-21-36-86(96)100/h11-43,45-63,65,86H,2,10,44H2,1,3-9H3/b25-12-,41-39+,42-40+/t65?,86?,100-/m1/s1.